The van der Waals surface area contributed by atoms with Crippen LogP contribution in [0.5, 0.6) is 11.5 Å². The number of benzene rings is 3. The van der Waals surface area contributed by atoms with Crippen LogP contribution in [-0.4, -0.2) is 18.3 Å². The van der Waals surface area contributed by atoms with Gasteiger partial charge in [-0.1, -0.05) is 58.4 Å². The molecule has 3 rings (SSSR count). The lowest BCUT2D eigenvalue weighted by molar-refractivity contribution is -0.142. The molecule has 0 unspecified atom stereocenters. The molecule has 30 heavy (non-hydrogen) atoms. The summed E-state index contributed by atoms with van der Waals surface area (Å²) in [5.41, 5.74) is 3.37. The molecule has 0 saturated carbocycles. The van der Waals surface area contributed by atoms with Crippen LogP contribution >= 0.6 is 27.7 Å². The van der Waals surface area contributed by atoms with Crippen LogP contribution in [0.25, 0.3) is 0 Å². The van der Waals surface area contributed by atoms with E-state index in [1.807, 2.05) is 61.2 Å². The van der Waals surface area contributed by atoms with Crippen molar-refractivity contribution in [3.8, 4) is 11.5 Å². The van der Waals surface area contributed by atoms with E-state index < -0.39 is 0 Å². The molecule has 0 aliphatic carbocycles. The van der Waals surface area contributed by atoms with Gasteiger partial charge in [-0.2, -0.15) is 11.8 Å². The SMILES string of the molecule is CCOC(=O)Cc1cccc(Oc2ccc(Br)cc2CSCCc2ccccc2)c1. The molecule has 0 aliphatic heterocycles. The zero-order valence-corrected chi connectivity index (χ0v) is 19.4. The van der Waals surface area contributed by atoms with Crippen molar-refractivity contribution in [3.63, 3.8) is 0 Å². The molecule has 0 fully saturated rings. The number of carbonyl (C=O) groups excluding carboxylic acids is 1. The molecular formula is C25H25BrO3S. The van der Waals surface area contributed by atoms with Gasteiger partial charge in [0, 0.05) is 15.8 Å². The fraction of sp³-hybridized carbons (Fsp3) is 0.240. The third-order valence-corrected chi connectivity index (χ3v) is 5.94. The number of thioether (sulfide) groups is 1. The molecule has 3 nitrogen and oxygen atoms in total. The fourth-order valence-corrected chi connectivity index (χ4v) is 4.38. The zero-order valence-electron chi connectivity index (χ0n) is 17.0. The summed E-state index contributed by atoms with van der Waals surface area (Å²) in [6.45, 7) is 2.20. The van der Waals surface area contributed by atoms with E-state index in [4.69, 9.17) is 9.47 Å². The zero-order chi connectivity index (χ0) is 21.2. The van der Waals surface area contributed by atoms with E-state index in [-0.39, 0.29) is 12.4 Å². The second-order valence-corrected chi connectivity index (χ2v) is 8.79. The molecule has 0 aromatic heterocycles. The van der Waals surface area contributed by atoms with Crippen molar-refractivity contribution in [1.82, 2.24) is 0 Å². The molecule has 0 N–H and O–H groups in total. The molecule has 0 atom stereocenters. The van der Waals surface area contributed by atoms with Gasteiger partial charge in [-0.15, -0.1) is 0 Å². The van der Waals surface area contributed by atoms with Crippen molar-refractivity contribution in [2.45, 2.75) is 25.5 Å². The second-order valence-electron chi connectivity index (χ2n) is 6.77. The van der Waals surface area contributed by atoms with Gasteiger partial charge in [-0.25, -0.2) is 0 Å². The molecule has 0 aliphatic rings. The van der Waals surface area contributed by atoms with Crippen LogP contribution in [0.1, 0.15) is 23.6 Å². The fourth-order valence-electron chi connectivity index (χ4n) is 3.00. The van der Waals surface area contributed by atoms with E-state index in [9.17, 15) is 4.79 Å². The highest BCUT2D eigenvalue weighted by atomic mass is 79.9. The maximum absolute atomic E-state index is 11.8. The summed E-state index contributed by atoms with van der Waals surface area (Å²) in [5, 5.41) is 0. The van der Waals surface area contributed by atoms with Crippen molar-refractivity contribution in [3.05, 3.63) is 94.0 Å². The monoisotopic (exact) mass is 484 g/mol. The average Bonchev–Trinajstić information content (AvgIpc) is 2.74. The van der Waals surface area contributed by atoms with Gasteiger partial charge in [0.05, 0.1) is 13.0 Å². The molecule has 5 heteroatoms. The number of halogens is 1. The molecule has 0 spiro atoms. The van der Waals surface area contributed by atoms with Crippen LogP contribution in [0.3, 0.4) is 0 Å². The Morgan fingerprint density at radius 2 is 1.77 bits per heavy atom. The standard InChI is InChI=1S/C25H25BrO3S/c1-2-28-25(27)16-20-9-6-10-23(15-20)29-24-12-11-22(26)17-21(24)18-30-14-13-19-7-4-3-5-8-19/h3-12,15,17H,2,13-14,16,18H2,1H3. The minimum atomic E-state index is -0.228. The first-order valence-electron chi connectivity index (χ1n) is 9.96. The molecule has 0 bridgehead atoms. The second kappa shape index (κ2) is 11.8. The highest BCUT2D eigenvalue weighted by Crippen LogP contribution is 2.31. The van der Waals surface area contributed by atoms with Crippen LogP contribution in [0.2, 0.25) is 0 Å². The quantitative estimate of drug-likeness (QED) is 0.233. The summed E-state index contributed by atoms with van der Waals surface area (Å²) in [7, 11) is 0. The number of hydrogen-bond acceptors (Lipinski definition) is 4. The summed E-state index contributed by atoms with van der Waals surface area (Å²) >= 11 is 5.45. The van der Waals surface area contributed by atoms with Crippen LogP contribution in [-0.2, 0) is 28.1 Å². The summed E-state index contributed by atoms with van der Waals surface area (Å²) in [4.78, 5) is 11.8. The number of aryl methyl sites for hydroxylation is 1. The summed E-state index contributed by atoms with van der Waals surface area (Å²) < 4.78 is 12.2. The molecule has 3 aromatic carbocycles. The van der Waals surface area contributed by atoms with Gasteiger partial charge in [0.2, 0.25) is 0 Å². The predicted octanol–water partition coefficient (Wildman–Crippen LogP) is 6.82. The lowest BCUT2D eigenvalue weighted by atomic mass is 10.1. The highest BCUT2D eigenvalue weighted by molar-refractivity contribution is 9.10. The Hall–Kier alpha value is -2.24. The van der Waals surface area contributed by atoms with E-state index in [1.165, 1.54) is 5.56 Å². The largest absolute Gasteiger partial charge is 0.466 e. The summed E-state index contributed by atoms with van der Waals surface area (Å²) in [5.74, 6) is 3.23. The molecule has 0 heterocycles. The highest BCUT2D eigenvalue weighted by Gasteiger charge is 2.09. The molecule has 3 aromatic rings. The van der Waals surface area contributed by atoms with Crippen molar-refractivity contribution in [1.29, 1.82) is 0 Å². The van der Waals surface area contributed by atoms with Crippen LogP contribution in [0.4, 0.5) is 0 Å². The van der Waals surface area contributed by atoms with E-state index in [0.29, 0.717) is 6.61 Å². The van der Waals surface area contributed by atoms with Gasteiger partial charge >= 0.3 is 5.97 Å². The average molecular weight is 485 g/mol. The van der Waals surface area contributed by atoms with E-state index >= 15 is 0 Å². The topological polar surface area (TPSA) is 35.5 Å². The minimum absolute atomic E-state index is 0.228. The van der Waals surface area contributed by atoms with E-state index in [0.717, 1.165) is 45.0 Å². The number of esters is 1. The van der Waals surface area contributed by atoms with Crippen molar-refractivity contribution < 1.29 is 14.3 Å². The van der Waals surface area contributed by atoms with Gasteiger partial charge in [0.1, 0.15) is 11.5 Å². The Balaban J connectivity index is 1.62. The minimum Gasteiger partial charge on any atom is -0.466 e. The molecule has 156 valence electrons. The smallest absolute Gasteiger partial charge is 0.310 e. The Morgan fingerprint density at radius 1 is 0.967 bits per heavy atom. The first-order valence-corrected chi connectivity index (χ1v) is 11.9. The van der Waals surface area contributed by atoms with Gasteiger partial charge in [0.15, 0.2) is 0 Å². The van der Waals surface area contributed by atoms with Crippen LogP contribution < -0.4 is 4.74 Å². The first kappa shape index (κ1) is 22.4. The first-order chi connectivity index (χ1) is 14.6. The molecule has 0 amide bonds. The van der Waals surface area contributed by atoms with Crippen molar-refractivity contribution >= 4 is 33.7 Å². The van der Waals surface area contributed by atoms with E-state index in [2.05, 4.69) is 46.3 Å². The number of ether oxygens (including phenoxy) is 2. The Labute approximate surface area is 190 Å². The molecule has 0 saturated heterocycles. The van der Waals surface area contributed by atoms with Crippen molar-refractivity contribution in [2.75, 3.05) is 12.4 Å². The van der Waals surface area contributed by atoms with Crippen LogP contribution in [0, 0.1) is 0 Å². The molecule has 0 radical (unpaired) electrons. The van der Waals surface area contributed by atoms with Gasteiger partial charge in [-0.05, 0) is 60.6 Å². The normalized spacial score (nSPS) is 10.6. The van der Waals surface area contributed by atoms with Gasteiger partial charge in [0.25, 0.3) is 0 Å². The predicted molar refractivity (Wildman–Crippen MR) is 127 cm³/mol. The lowest BCUT2D eigenvalue weighted by Gasteiger charge is -2.13. The van der Waals surface area contributed by atoms with E-state index in [1.54, 1.807) is 0 Å². The lowest BCUT2D eigenvalue weighted by Crippen LogP contribution is -2.07. The summed E-state index contributed by atoms with van der Waals surface area (Å²) in [6, 6.07) is 24.2. The Kier molecular flexibility index (Phi) is 8.84. The Bertz CT molecular complexity index is 960. The van der Waals surface area contributed by atoms with Crippen molar-refractivity contribution in [2.24, 2.45) is 0 Å². The third-order valence-electron chi connectivity index (χ3n) is 4.44. The Morgan fingerprint density at radius 3 is 2.57 bits per heavy atom. The summed E-state index contributed by atoms with van der Waals surface area (Å²) in [6.07, 6.45) is 1.29. The van der Waals surface area contributed by atoms with Gasteiger partial charge < -0.3 is 9.47 Å². The number of carbonyl (C=O) groups is 1. The number of rotatable bonds is 10. The number of hydrogen-bond donors (Lipinski definition) is 0. The van der Waals surface area contributed by atoms with Crippen LogP contribution in [0.15, 0.2) is 77.3 Å². The maximum Gasteiger partial charge on any atom is 0.310 e. The maximum atomic E-state index is 11.8. The van der Waals surface area contributed by atoms with Gasteiger partial charge in [-0.3, -0.25) is 4.79 Å². The third kappa shape index (κ3) is 7.22. The molecular weight excluding hydrogens is 460 g/mol.